The Labute approximate surface area is 165 Å². The second kappa shape index (κ2) is 9.03. The monoisotopic (exact) mass is 384 g/mol. The van der Waals surface area contributed by atoms with Gasteiger partial charge in [-0.2, -0.15) is 0 Å². The van der Waals surface area contributed by atoms with E-state index in [2.05, 4.69) is 35.4 Å². The van der Waals surface area contributed by atoms with E-state index in [0.29, 0.717) is 6.54 Å². The van der Waals surface area contributed by atoms with E-state index in [1.807, 2.05) is 37.4 Å². The zero-order valence-electron chi connectivity index (χ0n) is 16.7. The Balaban J connectivity index is 1.66. The van der Waals surface area contributed by atoms with Crippen LogP contribution in [-0.4, -0.2) is 67.5 Å². The average Bonchev–Trinajstić information content (AvgIpc) is 3.06. The summed E-state index contributed by atoms with van der Waals surface area (Å²) in [7, 11) is 4.14. The number of carbonyl (C=O) groups is 1. The van der Waals surface area contributed by atoms with Gasteiger partial charge in [-0.3, -0.25) is 4.90 Å². The normalized spacial score (nSPS) is 16.5. The van der Waals surface area contributed by atoms with Crippen LogP contribution in [0, 0.1) is 6.92 Å². The molecule has 1 aliphatic rings. The van der Waals surface area contributed by atoms with E-state index in [0.717, 1.165) is 47.7 Å². The molecular weight excluding hydrogens is 356 g/mol. The molecule has 2 aromatic rings. The van der Waals surface area contributed by atoms with E-state index in [4.69, 9.17) is 4.74 Å². The van der Waals surface area contributed by atoms with Gasteiger partial charge in [0.05, 0.1) is 13.2 Å². The summed E-state index contributed by atoms with van der Waals surface area (Å²) >= 11 is 0. The summed E-state index contributed by atoms with van der Waals surface area (Å²) in [5.41, 5.74) is 3.92. The number of nitrogens with zero attached hydrogens (tertiary/aromatic N) is 3. The molecule has 1 unspecified atom stereocenters. The number of hydrogen-bond acceptors (Lipinski definition) is 6. The maximum Gasteiger partial charge on any atom is 0.414 e. The molecule has 28 heavy (non-hydrogen) atoms. The molecule has 1 fully saturated rings. The Morgan fingerprint density at radius 3 is 2.75 bits per heavy atom. The predicted molar refractivity (Wildman–Crippen MR) is 111 cm³/mol. The van der Waals surface area contributed by atoms with Gasteiger partial charge in [0.1, 0.15) is 11.9 Å². The number of anilines is 2. The van der Waals surface area contributed by atoms with Crippen molar-refractivity contribution < 1.29 is 14.6 Å². The van der Waals surface area contributed by atoms with Crippen LogP contribution < -0.4 is 10.2 Å². The van der Waals surface area contributed by atoms with Gasteiger partial charge >= 0.3 is 6.09 Å². The van der Waals surface area contributed by atoms with E-state index in [1.165, 1.54) is 0 Å². The number of aliphatic hydroxyl groups is 1. The second-order valence-corrected chi connectivity index (χ2v) is 7.31. The number of cyclic esters (lactones) is 1. The first kappa shape index (κ1) is 20.1. The van der Waals surface area contributed by atoms with Crippen LogP contribution in [0.4, 0.5) is 16.3 Å². The lowest BCUT2D eigenvalue weighted by Gasteiger charge is -2.16. The minimum atomic E-state index is -0.463. The van der Waals surface area contributed by atoms with Crippen molar-refractivity contribution in [1.82, 2.24) is 9.88 Å². The SMILES string of the molecule is Cc1cc(N2CC(CO)OC2=O)ccc1-c1ccc(NCCCN(C)C)nc1. The Hall–Kier alpha value is -2.64. The first-order valence-corrected chi connectivity index (χ1v) is 9.52. The largest absolute Gasteiger partial charge is 0.441 e. The molecule has 3 rings (SSSR count). The van der Waals surface area contributed by atoms with Gasteiger partial charge in [0.15, 0.2) is 0 Å². The lowest BCUT2D eigenvalue weighted by atomic mass is 10.0. The highest BCUT2D eigenvalue weighted by Crippen LogP contribution is 2.29. The lowest BCUT2D eigenvalue weighted by Crippen LogP contribution is -2.25. The number of aromatic nitrogens is 1. The van der Waals surface area contributed by atoms with Crippen LogP contribution in [0.15, 0.2) is 36.5 Å². The van der Waals surface area contributed by atoms with Gasteiger partial charge in [-0.1, -0.05) is 6.07 Å². The Kier molecular flexibility index (Phi) is 6.49. The molecule has 0 radical (unpaired) electrons. The molecule has 2 N–H and O–H groups in total. The van der Waals surface area contributed by atoms with Crippen LogP contribution in [0.1, 0.15) is 12.0 Å². The summed E-state index contributed by atoms with van der Waals surface area (Å²) < 4.78 is 5.12. The number of amides is 1. The van der Waals surface area contributed by atoms with E-state index in [1.54, 1.807) is 4.90 Å². The Morgan fingerprint density at radius 1 is 1.32 bits per heavy atom. The predicted octanol–water partition coefficient (Wildman–Crippen LogP) is 2.74. The zero-order valence-corrected chi connectivity index (χ0v) is 16.7. The summed E-state index contributed by atoms with van der Waals surface area (Å²) in [6.45, 7) is 4.14. The van der Waals surface area contributed by atoms with Crippen molar-refractivity contribution in [2.45, 2.75) is 19.4 Å². The number of hydrogen-bond donors (Lipinski definition) is 2. The van der Waals surface area contributed by atoms with Gasteiger partial charge in [-0.25, -0.2) is 9.78 Å². The maximum absolute atomic E-state index is 12.0. The smallest absolute Gasteiger partial charge is 0.414 e. The number of benzene rings is 1. The van der Waals surface area contributed by atoms with Gasteiger partial charge in [0, 0.05) is 24.0 Å². The number of pyridine rings is 1. The molecule has 0 aliphatic carbocycles. The molecule has 2 heterocycles. The van der Waals surface area contributed by atoms with Crippen molar-refractivity contribution in [3.05, 3.63) is 42.1 Å². The molecule has 1 aromatic heterocycles. The highest BCUT2D eigenvalue weighted by Gasteiger charge is 2.31. The topological polar surface area (TPSA) is 77.9 Å². The number of carbonyl (C=O) groups excluding carboxylic acids is 1. The summed E-state index contributed by atoms with van der Waals surface area (Å²) in [6, 6.07) is 9.89. The fourth-order valence-electron chi connectivity index (χ4n) is 3.24. The average molecular weight is 384 g/mol. The van der Waals surface area contributed by atoms with Crippen LogP contribution in [0.3, 0.4) is 0 Å². The van der Waals surface area contributed by atoms with Crippen molar-refractivity contribution in [3.63, 3.8) is 0 Å². The summed E-state index contributed by atoms with van der Waals surface area (Å²) in [5, 5.41) is 12.5. The van der Waals surface area contributed by atoms with Gasteiger partial charge in [0.25, 0.3) is 0 Å². The molecule has 150 valence electrons. The van der Waals surface area contributed by atoms with Crippen molar-refractivity contribution in [3.8, 4) is 11.1 Å². The van der Waals surface area contributed by atoms with Crippen molar-refractivity contribution in [2.24, 2.45) is 0 Å². The minimum Gasteiger partial charge on any atom is -0.441 e. The highest BCUT2D eigenvalue weighted by atomic mass is 16.6. The number of ether oxygens (including phenoxy) is 1. The summed E-state index contributed by atoms with van der Waals surface area (Å²) in [6.07, 6.45) is 2.04. The molecule has 0 bridgehead atoms. The first-order valence-electron chi connectivity index (χ1n) is 9.52. The molecule has 1 aliphatic heterocycles. The van der Waals surface area contributed by atoms with E-state index in [-0.39, 0.29) is 6.61 Å². The molecule has 7 heteroatoms. The van der Waals surface area contributed by atoms with E-state index in [9.17, 15) is 9.90 Å². The van der Waals surface area contributed by atoms with Crippen LogP contribution in [0.2, 0.25) is 0 Å². The molecule has 0 spiro atoms. The first-order chi connectivity index (χ1) is 13.5. The third-order valence-corrected chi connectivity index (χ3v) is 4.76. The number of nitrogens with one attached hydrogen (secondary N) is 1. The van der Waals surface area contributed by atoms with Gasteiger partial charge in [-0.15, -0.1) is 0 Å². The standard InChI is InChI=1S/C21H28N4O3/c1-15-11-17(25-13-18(14-26)28-21(25)27)6-7-19(15)16-5-8-20(23-12-16)22-9-4-10-24(2)3/h5-8,11-12,18,26H,4,9-10,13-14H2,1-3H3,(H,22,23). The van der Waals surface area contributed by atoms with Crippen LogP contribution in [0.25, 0.3) is 11.1 Å². The molecule has 1 saturated heterocycles. The highest BCUT2D eigenvalue weighted by molar-refractivity contribution is 5.90. The number of rotatable bonds is 8. The third-order valence-electron chi connectivity index (χ3n) is 4.76. The van der Waals surface area contributed by atoms with Crippen molar-refractivity contribution >= 4 is 17.6 Å². The van der Waals surface area contributed by atoms with Gasteiger partial charge in [-0.05, 0) is 69.4 Å². The number of aliphatic hydroxyl groups excluding tert-OH is 1. The maximum atomic E-state index is 12.0. The van der Waals surface area contributed by atoms with E-state index < -0.39 is 12.2 Å². The quantitative estimate of drug-likeness (QED) is 0.682. The van der Waals surface area contributed by atoms with Crippen molar-refractivity contribution in [1.29, 1.82) is 0 Å². The molecule has 1 amide bonds. The molecule has 1 atom stereocenters. The summed E-state index contributed by atoms with van der Waals surface area (Å²) in [5.74, 6) is 0.867. The molecular formula is C21H28N4O3. The Morgan fingerprint density at radius 2 is 2.14 bits per heavy atom. The fourth-order valence-corrected chi connectivity index (χ4v) is 3.24. The molecule has 1 aromatic carbocycles. The lowest BCUT2D eigenvalue weighted by molar-refractivity contribution is 0.0963. The van der Waals surface area contributed by atoms with Crippen LogP contribution in [0.5, 0.6) is 0 Å². The van der Waals surface area contributed by atoms with E-state index >= 15 is 0 Å². The zero-order chi connectivity index (χ0) is 20.1. The van der Waals surface area contributed by atoms with Crippen LogP contribution in [-0.2, 0) is 4.74 Å². The fraction of sp³-hybridized carbons (Fsp3) is 0.429. The Bertz CT molecular complexity index is 808. The minimum absolute atomic E-state index is 0.166. The summed E-state index contributed by atoms with van der Waals surface area (Å²) in [4.78, 5) is 20.2. The van der Waals surface area contributed by atoms with Crippen LogP contribution >= 0.6 is 0 Å². The van der Waals surface area contributed by atoms with Gasteiger partial charge in [0.2, 0.25) is 0 Å². The molecule has 0 saturated carbocycles. The second-order valence-electron chi connectivity index (χ2n) is 7.31. The third kappa shape index (κ3) is 4.79. The van der Waals surface area contributed by atoms with Crippen molar-refractivity contribution in [2.75, 3.05) is 50.6 Å². The number of aryl methyl sites for hydroxylation is 1. The molecule has 7 nitrogen and oxygen atoms in total. The van der Waals surface area contributed by atoms with Gasteiger partial charge < -0.3 is 20.1 Å².